The summed E-state index contributed by atoms with van der Waals surface area (Å²) in [5.74, 6) is 1.28. The van der Waals surface area contributed by atoms with Crippen molar-refractivity contribution in [3.05, 3.63) is 42.5 Å². The topological polar surface area (TPSA) is 50.4 Å². The first-order valence-corrected chi connectivity index (χ1v) is 8.87. The second-order valence-electron chi connectivity index (χ2n) is 7.02. The van der Waals surface area contributed by atoms with Crippen molar-refractivity contribution >= 4 is 16.7 Å². The molecule has 2 fully saturated rings. The first-order chi connectivity index (χ1) is 11.8. The molecule has 4 nitrogen and oxygen atoms in total. The molecule has 1 aliphatic heterocycles. The molecule has 24 heavy (non-hydrogen) atoms. The van der Waals surface area contributed by atoms with Crippen molar-refractivity contribution in [3.8, 4) is 5.75 Å². The average molecular weight is 324 g/mol. The van der Waals surface area contributed by atoms with E-state index in [1.165, 1.54) is 10.8 Å². The number of rotatable bonds is 5. The fourth-order valence-corrected chi connectivity index (χ4v) is 3.92. The molecule has 4 rings (SSSR count). The van der Waals surface area contributed by atoms with Gasteiger partial charge in [-0.15, -0.1) is 0 Å². The van der Waals surface area contributed by atoms with Crippen LogP contribution in [0.5, 0.6) is 5.75 Å². The fraction of sp³-hybridized carbons (Fsp3) is 0.450. The third-order valence-corrected chi connectivity index (χ3v) is 5.50. The van der Waals surface area contributed by atoms with E-state index in [9.17, 15) is 4.79 Å². The number of hydrogen-bond donors (Lipinski definition) is 2. The molecule has 0 aromatic heterocycles. The van der Waals surface area contributed by atoms with Crippen LogP contribution in [0, 0.1) is 11.3 Å². The predicted molar refractivity (Wildman–Crippen MR) is 95.1 cm³/mol. The Kier molecular flexibility index (Phi) is 4.15. The molecule has 1 saturated carbocycles. The highest BCUT2D eigenvalue weighted by Crippen LogP contribution is 2.58. The van der Waals surface area contributed by atoms with Gasteiger partial charge < -0.3 is 15.4 Å². The third kappa shape index (κ3) is 3.11. The van der Waals surface area contributed by atoms with Gasteiger partial charge in [0.15, 0.2) is 0 Å². The summed E-state index contributed by atoms with van der Waals surface area (Å²) in [5.41, 5.74) is 0.300. The molecule has 0 bridgehead atoms. The van der Waals surface area contributed by atoms with Gasteiger partial charge in [0.25, 0.3) is 0 Å². The molecule has 1 saturated heterocycles. The van der Waals surface area contributed by atoms with Gasteiger partial charge in [0.05, 0.1) is 6.54 Å². The smallest absolute Gasteiger partial charge is 0.223 e. The molecule has 1 atom stereocenters. The Morgan fingerprint density at radius 1 is 1.17 bits per heavy atom. The summed E-state index contributed by atoms with van der Waals surface area (Å²) >= 11 is 0. The first-order valence-electron chi connectivity index (χ1n) is 8.87. The van der Waals surface area contributed by atoms with Gasteiger partial charge in [0, 0.05) is 5.92 Å². The molecule has 2 aromatic rings. The summed E-state index contributed by atoms with van der Waals surface area (Å²) in [6.07, 6.45) is 3.34. The maximum Gasteiger partial charge on any atom is 0.223 e. The van der Waals surface area contributed by atoms with Crippen molar-refractivity contribution in [2.24, 2.45) is 11.3 Å². The van der Waals surface area contributed by atoms with Crippen LogP contribution in [0.25, 0.3) is 10.8 Å². The van der Waals surface area contributed by atoms with Crippen LogP contribution < -0.4 is 15.4 Å². The maximum atomic E-state index is 12.3. The van der Waals surface area contributed by atoms with Gasteiger partial charge in [-0.2, -0.15) is 0 Å². The van der Waals surface area contributed by atoms with Crippen molar-refractivity contribution in [2.75, 3.05) is 26.2 Å². The monoisotopic (exact) mass is 324 g/mol. The Balaban J connectivity index is 1.23. The number of hydrogen-bond acceptors (Lipinski definition) is 3. The predicted octanol–water partition coefficient (Wildman–Crippen LogP) is 2.72. The van der Waals surface area contributed by atoms with Crippen molar-refractivity contribution in [1.29, 1.82) is 0 Å². The van der Waals surface area contributed by atoms with Crippen LogP contribution in [0.4, 0.5) is 0 Å². The van der Waals surface area contributed by atoms with E-state index in [0.717, 1.165) is 38.1 Å². The number of fused-ring (bicyclic) bond motifs is 1. The summed E-state index contributed by atoms with van der Waals surface area (Å²) in [7, 11) is 0. The SMILES string of the molecule is O=C(NCCOc1ccc2ccccc2c1)C1CC12CCNCC2. The molecule has 1 spiro atoms. The Morgan fingerprint density at radius 2 is 1.96 bits per heavy atom. The minimum absolute atomic E-state index is 0.207. The Morgan fingerprint density at radius 3 is 2.79 bits per heavy atom. The van der Waals surface area contributed by atoms with Crippen LogP contribution in [0.15, 0.2) is 42.5 Å². The molecule has 2 aromatic carbocycles. The molecule has 4 heteroatoms. The normalized spacial score (nSPS) is 21.6. The summed E-state index contributed by atoms with van der Waals surface area (Å²) < 4.78 is 5.78. The molecule has 2 aliphatic rings. The van der Waals surface area contributed by atoms with E-state index >= 15 is 0 Å². The highest BCUT2D eigenvalue weighted by Gasteiger charge is 2.57. The Bertz CT molecular complexity index is 737. The van der Waals surface area contributed by atoms with Gasteiger partial charge in [-0.05, 0) is 60.7 Å². The summed E-state index contributed by atoms with van der Waals surface area (Å²) in [6, 6.07) is 14.3. The number of carbonyl (C=O) groups excluding carboxylic acids is 1. The molecule has 2 N–H and O–H groups in total. The minimum Gasteiger partial charge on any atom is -0.492 e. The van der Waals surface area contributed by atoms with Crippen molar-refractivity contribution in [1.82, 2.24) is 10.6 Å². The molecular weight excluding hydrogens is 300 g/mol. The number of nitrogens with one attached hydrogen (secondary N) is 2. The molecular formula is C20H24N2O2. The van der Waals surface area contributed by atoms with Crippen molar-refractivity contribution in [2.45, 2.75) is 19.3 Å². The molecule has 1 aliphatic carbocycles. The zero-order chi connectivity index (χ0) is 16.4. The van der Waals surface area contributed by atoms with Crippen molar-refractivity contribution in [3.63, 3.8) is 0 Å². The van der Waals surface area contributed by atoms with E-state index in [2.05, 4.69) is 28.8 Å². The quantitative estimate of drug-likeness (QED) is 0.832. The minimum atomic E-state index is 0.207. The standard InChI is InChI=1S/C20H24N2O2/c23-19(18-14-20(18)7-9-21-10-8-20)22-11-12-24-17-6-5-15-3-1-2-4-16(15)13-17/h1-6,13,18,21H,7-12,14H2,(H,22,23). The second kappa shape index (κ2) is 6.44. The largest absolute Gasteiger partial charge is 0.492 e. The molecule has 1 unspecified atom stereocenters. The zero-order valence-corrected chi connectivity index (χ0v) is 13.9. The van der Waals surface area contributed by atoms with Crippen LogP contribution in [0.1, 0.15) is 19.3 Å². The zero-order valence-electron chi connectivity index (χ0n) is 13.9. The third-order valence-electron chi connectivity index (χ3n) is 5.50. The lowest BCUT2D eigenvalue weighted by Gasteiger charge is -2.23. The van der Waals surface area contributed by atoms with Crippen LogP contribution in [0.2, 0.25) is 0 Å². The molecule has 126 valence electrons. The van der Waals surface area contributed by atoms with Crippen LogP contribution >= 0.6 is 0 Å². The lowest BCUT2D eigenvalue weighted by Crippen LogP contribution is -2.35. The molecule has 1 amide bonds. The average Bonchev–Trinajstić information content (AvgIpc) is 3.32. The van der Waals surface area contributed by atoms with Gasteiger partial charge in [-0.25, -0.2) is 0 Å². The van der Waals surface area contributed by atoms with Gasteiger partial charge >= 0.3 is 0 Å². The van der Waals surface area contributed by atoms with Crippen molar-refractivity contribution < 1.29 is 9.53 Å². The van der Waals surface area contributed by atoms with E-state index < -0.39 is 0 Å². The van der Waals surface area contributed by atoms with Crippen LogP contribution in [-0.4, -0.2) is 32.1 Å². The lowest BCUT2D eigenvalue weighted by molar-refractivity contribution is -0.123. The number of amides is 1. The van der Waals surface area contributed by atoms with E-state index in [1.54, 1.807) is 0 Å². The number of piperidine rings is 1. The lowest BCUT2D eigenvalue weighted by atomic mass is 9.92. The Hall–Kier alpha value is -2.07. The number of ether oxygens (including phenoxy) is 1. The summed E-state index contributed by atoms with van der Waals surface area (Å²) in [4.78, 5) is 12.3. The van der Waals surface area contributed by atoms with Crippen LogP contribution in [-0.2, 0) is 4.79 Å². The van der Waals surface area contributed by atoms with Gasteiger partial charge in [-0.1, -0.05) is 30.3 Å². The van der Waals surface area contributed by atoms with E-state index in [1.807, 2.05) is 24.3 Å². The van der Waals surface area contributed by atoms with Gasteiger partial charge in [0.2, 0.25) is 5.91 Å². The summed E-state index contributed by atoms with van der Waals surface area (Å²) in [6.45, 7) is 3.17. The maximum absolute atomic E-state index is 12.3. The fourth-order valence-electron chi connectivity index (χ4n) is 3.92. The van der Waals surface area contributed by atoms with Crippen LogP contribution in [0.3, 0.4) is 0 Å². The summed E-state index contributed by atoms with van der Waals surface area (Å²) in [5, 5.41) is 8.79. The van der Waals surface area contributed by atoms with Gasteiger partial charge in [-0.3, -0.25) is 4.79 Å². The van der Waals surface area contributed by atoms with Gasteiger partial charge in [0.1, 0.15) is 12.4 Å². The number of carbonyl (C=O) groups is 1. The number of benzene rings is 2. The first kappa shape index (κ1) is 15.5. The highest BCUT2D eigenvalue weighted by atomic mass is 16.5. The Labute approximate surface area is 142 Å². The van der Waals surface area contributed by atoms with E-state index in [4.69, 9.17) is 4.74 Å². The highest BCUT2D eigenvalue weighted by molar-refractivity contribution is 5.84. The molecule has 1 heterocycles. The van der Waals surface area contributed by atoms with E-state index in [-0.39, 0.29) is 11.8 Å². The van der Waals surface area contributed by atoms with E-state index in [0.29, 0.717) is 18.6 Å². The molecule has 0 radical (unpaired) electrons. The second-order valence-corrected chi connectivity index (χ2v) is 7.02.